The van der Waals surface area contributed by atoms with E-state index in [1.165, 1.54) is 34.5 Å². The predicted octanol–water partition coefficient (Wildman–Crippen LogP) is 2.90. The highest BCUT2D eigenvalue weighted by atomic mass is 32.2. The van der Waals surface area contributed by atoms with E-state index in [9.17, 15) is 13.2 Å². The molecule has 0 spiro atoms. The Morgan fingerprint density at radius 1 is 1.03 bits per heavy atom. The number of carbonyl (C=O) groups is 1. The average molecular weight is 471 g/mol. The number of carbonyl (C=O) groups excluding carboxylic acids is 1. The summed E-state index contributed by atoms with van der Waals surface area (Å²) >= 11 is 1.31. The van der Waals surface area contributed by atoms with Crippen molar-refractivity contribution < 1.29 is 17.9 Å². The number of amides is 1. The van der Waals surface area contributed by atoms with E-state index in [0.717, 1.165) is 11.3 Å². The summed E-state index contributed by atoms with van der Waals surface area (Å²) < 4.78 is 32.0. The Bertz CT molecular complexity index is 1170. The Morgan fingerprint density at radius 3 is 2.47 bits per heavy atom. The van der Waals surface area contributed by atoms with Gasteiger partial charge in [0.2, 0.25) is 15.9 Å². The molecule has 32 heavy (non-hydrogen) atoms. The fraction of sp³-hybridized carbons (Fsp3) is 0.227. The number of morpholine rings is 1. The summed E-state index contributed by atoms with van der Waals surface area (Å²) in [5, 5.41) is 3.48. The summed E-state index contributed by atoms with van der Waals surface area (Å²) in [5.41, 5.74) is 2.30. The van der Waals surface area contributed by atoms with Gasteiger partial charge in [0.1, 0.15) is 11.4 Å². The Labute approximate surface area is 191 Å². The standard InChI is InChI=1S/C22H22N4O4S2/c27-21(15-31-22-14-20(23-16-24-22)17-4-2-1-3-5-17)25-18-6-8-19(9-7-18)32(28,29)26-10-12-30-13-11-26/h1-9,14,16H,10-13,15H2,(H,25,27). The van der Waals surface area contributed by atoms with Crippen LogP contribution in [0, 0.1) is 0 Å². The van der Waals surface area contributed by atoms with Crippen LogP contribution in [0.15, 0.2) is 76.9 Å². The predicted molar refractivity (Wildman–Crippen MR) is 123 cm³/mol. The van der Waals surface area contributed by atoms with Crippen molar-refractivity contribution in [2.45, 2.75) is 9.92 Å². The summed E-state index contributed by atoms with van der Waals surface area (Å²) in [5.74, 6) is -0.0438. The Kier molecular flexibility index (Phi) is 7.15. The van der Waals surface area contributed by atoms with E-state index in [2.05, 4.69) is 15.3 Å². The van der Waals surface area contributed by atoms with Crippen molar-refractivity contribution >= 4 is 33.4 Å². The maximum absolute atomic E-state index is 12.7. The lowest BCUT2D eigenvalue weighted by atomic mass is 10.1. The number of thioether (sulfide) groups is 1. The minimum Gasteiger partial charge on any atom is -0.379 e. The van der Waals surface area contributed by atoms with Gasteiger partial charge in [0, 0.05) is 24.3 Å². The zero-order valence-electron chi connectivity index (χ0n) is 17.2. The number of nitrogens with zero attached hydrogens (tertiary/aromatic N) is 3. The summed E-state index contributed by atoms with van der Waals surface area (Å²) in [4.78, 5) is 21.0. The first-order valence-electron chi connectivity index (χ1n) is 10.0. The molecule has 2 heterocycles. The molecule has 0 unspecified atom stereocenters. The first kappa shape index (κ1) is 22.4. The maximum atomic E-state index is 12.7. The quantitative estimate of drug-likeness (QED) is 0.418. The lowest BCUT2D eigenvalue weighted by molar-refractivity contribution is -0.113. The molecule has 4 rings (SSSR count). The summed E-state index contributed by atoms with van der Waals surface area (Å²) in [7, 11) is -3.56. The number of rotatable bonds is 7. The molecule has 1 aliphatic heterocycles. The Hall–Kier alpha value is -2.79. The number of anilines is 1. The average Bonchev–Trinajstić information content (AvgIpc) is 2.84. The molecule has 3 aromatic rings. The van der Waals surface area contributed by atoms with E-state index in [0.29, 0.717) is 37.0 Å². The van der Waals surface area contributed by atoms with Gasteiger partial charge in [-0.25, -0.2) is 18.4 Å². The van der Waals surface area contributed by atoms with Gasteiger partial charge in [0.15, 0.2) is 0 Å². The van der Waals surface area contributed by atoms with Crippen LogP contribution in [0.2, 0.25) is 0 Å². The van der Waals surface area contributed by atoms with Gasteiger partial charge in [0.25, 0.3) is 0 Å². The van der Waals surface area contributed by atoms with Crippen LogP contribution in [0.3, 0.4) is 0 Å². The number of sulfonamides is 1. The van der Waals surface area contributed by atoms with E-state index in [1.807, 2.05) is 36.4 Å². The smallest absolute Gasteiger partial charge is 0.243 e. The molecule has 1 N–H and O–H groups in total. The van der Waals surface area contributed by atoms with Gasteiger partial charge in [0.05, 0.1) is 29.6 Å². The third-order valence-corrected chi connectivity index (χ3v) is 7.65. The van der Waals surface area contributed by atoms with E-state index in [1.54, 1.807) is 12.1 Å². The number of nitrogens with one attached hydrogen (secondary N) is 1. The second-order valence-electron chi connectivity index (χ2n) is 6.99. The molecule has 0 aliphatic carbocycles. The second kappa shape index (κ2) is 10.2. The summed E-state index contributed by atoms with van der Waals surface area (Å²) in [6.07, 6.45) is 1.48. The van der Waals surface area contributed by atoms with Crippen molar-refractivity contribution in [2.75, 3.05) is 37.4 Å². The molecule has 1 fully saturated rings. The van der Waals surface area contributed by atoms with Crippen molar-refractivity contribution in [3.63, 3.8) is 0 Å². The SMILES string of the molecule is O=C(CSc1cc(-c2ccccc2)ncn1)Nc1ccc(S(=O)(=O)N2CCOCC2)cc1. The molecular formula is C22H22N4O4S2. The first-order valence-corrected chi connectivity index (χ1v) is 12.4. The van der Waals surface area contributed by atoms with E-state index < -0.39 is 10.0 Å². The molecule has 166 valence electrons. The van der Waals surface area contributed by atoms with Gasteiger partial charge in [-0.3, -0.25) is 4.79 Å². The fourth-order valence-electron chi connectivity index (χ4n) is 3.17. The first-order chi connectivity index (χ1) is 15.5. The van der Waals surface area contributed by atoms with Crippen molar-refractivity contribution in [1.29, 1.82) is 0 Å². The number of aromatic nitrogens is 2. The summed E-state index contributed by atoms with van der Waals surface area (Å²) in [6, 6.07) is 17.8. The molecule has 1 saturated heterocycles. The van der Waals surface area contributed by atoms with Crippen LogP contribution < -0.4 is 5.32 Å². The van der Waals surface area contributed by atoms with Crippen LogP contribution >= 0.6 is 11.8 Å². The number of hydrogen-bond donors (Lipinski definition) is 1. The minimum atomic E-state index is -3.56. The molecule has 0 bridgehead atoms. The second-order valence-corrected chi connectivity index (χ2v) is 9.92. The van der Waals surface area contributed by atoms with E-state index in [-0.39, 0.29) is 16.6 Å². The lowest BCUT2D eigenvalue weighted by Gasteiger charge is -2.26. The third-order valence-electron chi connectivity index (χ3n) is 4.81. The molecule has 8 nitrogen and oxygen atoms in total. The van der Waals surface area contributed by atoms with Gasteiger partial charge in [-0.15, -0.1) is 0 Å². The van der Waals surface area contributed by atoms with Crippen LogP contribution in [-0.2, 0) is 19.6 Å². The molecule has 0 saturated carbocycles. The zero-order chi connectivity index (χ0) is 22.4. The van der Waals surface area contributed by atoms with Crippen molar-refractivity contribution in [3.05, 3.63) is 67.0 Å². The minimum absolute atomic E-state index is 0.166. The van der Waals surface area contributed by atoms with Crippen molar-refractivity contribution in [3.8, 4) is 11.3 Å². The lowest BCUT2D eigenvalue weighted by Crippen LogP contribution is -2.40. The molecule has 2 aromatic carbocycles. The highest BCUT2D eigenvalue weighted by molar-refractivity contribution is 7.99. The molecule has 10 heteroatoms. The van der Waals surface area contributed by atoms with E-state index in [4.69, 9.17) is 4.74 Å². The number of hydrogen-bond acceptors (Lipinski definition) is 7. The highest BCUT2D eigenvalue weighted by Crippen LogP contribution is 2.23. The van der Waals surface area contributed by atoms with Crippen molar-refractivity contribution in [2.24, 2.45) is 0 Å². The molecular weight excluding hydrogens is 448 g/mol. The van der Waals surface area contributed by atoms with Crippen LogP contribution in [0.4, 0.5) is 5.69 Å². The molecule has 1 aromatic heterocycles. The van der Waals surface area contributed by atoms with Gasteiger partial charge >= 0.3 is 0 Å². The third kappa shape index (κ3) is 5.52. The van der Waals surface area contributed by atoms with Gasteiger partial charge in [-0.2, -0.15) is 4.31 Å². The van der Waals surface area contributed by atoms with E-state index >= 15 is 0 Å². The number of benzene rings is 2. The highest BCUT2D eigenvalue weighted by Gasteiger charge is 2.26. The molecule has 1 aliphatic rings. The van der Waals surface area contributed by atoms with Crippen LogP contribution in [0.1, 0.15) is 0 Å². The monoisotopic (exact) mass is 470 g/mol. The fourth-order valence-corrected chi connectivity index (χ4v) is 5.24. The van der Waals surface area contributed by atoms with Gasteiger partial charge < -0.3 is 10.1 Å². The van der Waals surface area contributed by atoms with Crippen LogP contribution in [0.5, 0.6) is 0 Å². The van der Waals surface area contributed by atoms with Crippen LogP contribution in [0.25, 0.3) is 11.3 Å². The van der Waals surface area contributed by atoms with Crippen molar-refractivity contribution in [1.82, 2.24) is 14.3 Å². The van der Waals surface area contributed by atoms with Crippen LogP contribution in [-0.4, -0.2) is 60.7 Å². The molecule has 0 atom stereocenters. The summed E-state index contributed by atoms with van der Waals surface area (Å²) in [6.45, 7) is 1.47. The molecule has 0 radical (unpaired) electrons. The normalized spacial score (nSPS) is 14.8. The largest absolute Gasteiger partial charge is 0.379 e. The van der Waals surface area contributed by atoms with Gasteiger partial charge in [-0.1, -0.05) is 42.1 Å². The molecule has 1 amide bonds. The Balaban J connectivity index is 1.34. The van der Waals surface area contributed by atoms with Gasteiger partial charge in [-0.05, 0) is 30.3 Å². The number of ether oxygens (including phenoxy) is 1. The zero-order valence-corrected chi connectivity index (χ0v) is 18.8. The topological polar surface area (TPSA) is 101 Å². The maximum Gasteiger partial charge on any atom is 0.243 e. The Morgan fingerprint density at radius 2 is 1.75 bits per heavy atom.